The van der Waals surface area contributed by atoms with Crippen LogP contribution in [0.2, 0.25) is 0 Å². The fraction of sp³-hybridized carbons (Fsp3) is 0.0952. The third-order valence-corrected chi connectivity index (χ3v) is 7.24. The Kier molecular flexibility index (Phi) is 5.24. The molecule has 0 aliphatic heterocycles. The summed E-state index contributed by atoms with van der Waals surface area (Å²) >= 11 is 0. The van der Waals surface area contributed by atoms with E-state index in [-0.39, 0.29) is 5.91 Å². The Morgan fingerprint density at radius 3 is 2.08 bits per heavy atom. The maximum absolute atomic E-state index is 14.6. The van der Waals surface area contributed by atoms with Gasteiger partial charge in [-0.05, 0) is 24.3 Å². The Morgan fingerprint density at radius 2 is 1.42 bits per heavy atom. The molecule has 3 aromatic carbocycles. The number of amides is 1. The summed E-state index contributed by atoms with van der Waals surface area (Å²) in [5.41, 5.74) is 0.540. The van der Waals surface area contributed by atoms with Crippen LogP contribution in [-0.2, 0) is 9.36 Å². The number of nitrogens with one attached hydrogen (secondary N) is 1. The van der Waals surface area contributed by atoms with E-state index >= 15 is 0 Å². The van der Waals surface area contributed by atoms with Gasteiger partial charge in [-0.15, -0.1) is 0 Å². The monoisotopic (exact) mass is 365 g/mol. The highest BCUT2D eigenvalue weighted by molar-refractivity contribution is 7.85. The van der Waals surface area contributed by atoms with Gasteiger partial charge in [-0.25, -0.2) is 0 Å². The molecule has 0 aromatic heterocycles. The van der Waals surface area contributed by atoms with E-state index < -0.39 is 7.14 Å². The van der Waals surface area contributed by atoms with E-state index in [0.29, 0.717) is 27.4 Å². The summed E-state index contributed by atoms with van der Waals surface area (Å²) < 4.78 is 20.1. The number of methoxy groups -OCH3 is 1. The van der Waals surface area contributed by atoms with Crippen LogP contribution in [0.25, 0.3) is 0 Å². The van der Waals surface area contributed by atoms with Crippen LogP contribution in [0.4, 0.5) is 5.69 Å². The quantitative estimate of drug-likeness (QED) is 0.706. The molecule has 3 aromatic rings. The maximum Gasteiger partial charge on any atom is 0.221 e. The molecule has 3 rings (SSSR count). The molecule has 0 radical (unpaired) electrons. The number of ether oxygens (including phenoxy) is 1. The molecule has 0 fully saturated rings. The number of hydrogen-bond acceptors (Lipinski definition) is 3. The largest absolute Gasteiger partial charge is 0.496 e. The first-order chi connectivity index (χ1) is 12.6. The molecule has 4 nitrogen and oxygen atoms in total. The Hall–Kier alpha value is -2.84. The van der Waals surface area contributed by atoms with Crippen molar-refractivity contribution in [2.24, 2.45) is 0 Å². The zero-order valence-electron chi connectivity index (χ0n) is 14.7. The molecule has 0 bridgehead atoms. The summed E-state index contributed by atoms with van der Waals surface area (Å²) in [6, 6.07) is 23.8. The molecule has 5 heteroatoms. The molecule has 1 N–H and O–H groups in total. The van der Waals surface area contributed by atoms with Crippen LogP contribution in [0.15, 0.2) is 78.9 Å². The van der Waals surface area contributed by atoms with E-state index in [9.17, 15) is 9.36 Å². The lowest BCUT2D eigenvalue weighted by atomic mass is 10.3. The van der Waals surface area contributed by atoms with Crippen molar-refractivity contribution in [2.75, 3.05) is 12.4 Å². The van der Waals surface area contributed by atoms with Crippen molar-refractivity contribution in [3.8, 4) is 5.75 Å². The standard InChI is InChI=1S/C21H20NO3P/c1-16(23)22-18-12-6-8-14-20(18)26(24,17-10-4-3-5-11-17)21-15-9-7-13-19(21)25-2/h3-15H,1-2H3,(H,22,23)/t26-/m1/s1. The third-order valence-electron chi connectivity index (χ3n) is 4.10. The van der Waals surface area contributed by atoms with Crippen molar-refractivity contribution < 1.29 is 14.1 Å². The third kappa shape index (κ3) is 3.29. The number of carbonyl (C=O) groups is 1. The Morgan fingerprint density at radius 1 is 0.846 bits per heavy atom. The second-order valence-corrected chi connectivity index (χ2v) is 8.51. The first-order valence-electron chi connectivity index (χ1n) is 8.24. The summed E-state index contributed by atoms with van der Waals surface area (Å²) in [4.78, 5) is 11.7. The van der Waals surface area contributed by atoms with Crippen LogP contribution in [0.3, 0.4) is 0 Å². The highest BCUT2D eigenvalue weighted by atomic mass is 31.2. The van der Waals surface area contributed by atoms with Crippen molar-refractivity contribution in [3.05, 3.63) is 78.9 Å². The average molecular weight is 365 g/mol. The molecule has 0 aliphatic carbocycles. The van der Waals surface area contributed by atoms with E-state index in [0.717, 1.165) is 0 Å². The van der Waals surface area contributed by atoms with Gasteiger partial charge in [-0.2, -0.15) is 0 Å². The molecule has 1 atom stereocenters. The summed E-state index contributed by atoms with van der Waals surface area (Å²) in [5.74, 6) is 0.342. The van der Waals surface area contributed by atoms with E-state index in [1.165, 1.54) is 6.92 Å². The lowest BCUT2D eigenvalue weighted by Crippen LogP contribution is -2.28. The van der Waals surface area contributed by atoms with Crippen molar-refractivity contribution in [3.63, 3.8) is 0 Å². The Balaban J connectivity index is 2.34. The summed E-state index contributed by atoms with van der Waals surface area (Å²) in [6.45, 7) is 1.44. The zero-order chi connectivity index (χ0) is 18.6. The minimum Gasteiger partial charge on any atom is -0.496 e. The molecular formula is C21H20NO3P. The first kappa shape index (κ1) is 18.0. The second-order valence-electron chi connectivity index (χ2n) is 5.82. The number of benzene rings is 3. The van der Waals surface area contributed by atoms with Gasteiger partial charge < -0.3 is 14.6 Å². The van der Waals surface area contributed by atoms with Crippen LogP contribution in [0.1, 0.15) is 6.92 Å². The molecule has 0 aliphatic rings. The van der Waals surface area contributed by atoms with E-state index in [2.05, 4.69) is 5.32 Å². The normalized spacial score (nSPS) is 12.8. The van der Waals surface area contributed by atoms with Crippen LogP contribution in [-0.4, -0.2) is 13.0 Å². The van der Waals surface area contributed by atoms with Gasteiger partial charge in [0.15, 0.2) is 7.14 Å². The smallest absolute Gasteiger partial charge is 0.221 e. The van der Waals surface area contributed by atoms with Crippen LogP contribution in [0.5, 0.6) is 5.75 Å². The van der Waals surface area contributed by atoms with Gasteiger partial charge in [-0.1, -0.05) is 54.6 Å². The second kappa shape index (κ2) is 7.59. The summed E-state index contributed by atoms with van der Waals surface area (Å²) in [5, 5.41) is 4.66. The lowest BCUT2D eigenvalue weighted by molar-refractivity contribution is -0.114. The number of hydrogen-bond donors (Lipinski definition) is 1. The first-order valence-corrected chi connectivity index (χ1v) is 9.94. The number of anilines is 1. The molecule has 0 spiro atoms. The van der Waals surface area contributed by atoms with Crippen molar-refractivity contribution in [1.82, 2.24) is 0 Å². The molecule has 0 saturated heterocycles. The number of para-hydroxylation sites is 2. The van der Waals surface area contributed by atoms with Crippen molar-refractivity contribution >= 4 is 34.7 Å². The fourth-order valence-corrected chi connectivity index (χ4v) is 5.93. The molecule has 26 heavy (non-hydrogen) atoms. The van der Waals surface area contributed by atoms with Crippen molar-refractivity contribution in [1.29, 1.82) is 0 Å². The summed E-state index contributed by atoms with van der Waals surface area (Å²) in [7, 11) is -1.70. The van der Waals surface area contributed by atoms with Gasteiger partial charge >= 0.3 is 0 Å². The fourth-order valence-electron chi connectivity index (χ4n) is 2.98. The predicted molar refractivity (Wildman–Crippen MR) is 107 cm³/mol. The SMILES string of the molecule is COc1ccccc1[P@@](=O)(c1ccccc1)c1ccccc1NC(C)=O. The highest BCUT2D eigenvalue weighted by Gasteiger charge is 2.34. The van der Waals surface area contributed by atoms with Crippen LogP contribution >= 0.6 is 7.14 Å². The van der Waals surface area contributed by atoms with E-state index in [1.807, 2.05) is 60.7 Å². The van der Waals surface area contributed by atoms with Gasteiger partial charge in [0.25, 0.3) is 0 Å². The van der Waals surface area contributed by atoms with Gasteiger partial charge in [0.05, 0.1) is 18.1 Å². The predicted octanol–water partition coefficient (Wildman–Crippen LogP) is 3.29. The number of rotatable bonds is 5. The van der Waals surface area contributed by atoms with Crippen molar-refractivity contribution in [2.45, 2.75) is 6.92 Å². The lowest BCUT2D eigenvalue weighted by Gasteiger charge is -2.24. The highest BCUT2D eigenvalue weighted by Crippen LogP contribution is 2.46. The molecule has 1 amide bonds. The Labute approximate surface area is 153 Å². The maximum atomic E-state index is 14.6. The van der Waals surface area contributed by atoms with Gasteiger partial charge in [-0.3, -0.25) is 4.79 Å². The molecule has 0 unspecified atom stereocenters. The molecule has 0 heterocycles. The minimum atomic E-state index is -3.26. The zero-order valence-corrected chi connectivity index (χ0v) is 15.6. The number of carbonyl (C=O) groups excluding carboxylic acids is 1. The molecule has 0 saturated carbocycles. The van der Waals surface area contributed by atoms with Gasteiger partial charge in [0, 0.05) is 17.5 Å². The topological polar surface area (TPSA) is 55.4 Å². The summed E-state index contributed by atoms with van der Waals surface area (Å²) in [6.07, 6.45) is 0. The molecule has 132 valence electrons. The van der Waals surface area contributed by atoms with Gasteiger partial charge in [0.1, 0.15) is 5.75 Å². The van der Waals surface area contributed by atoms with E-state index in [4.69, 9.17) is 4.74 Å². The molecular weight excluding hydrogens is 345 g/mol. The van der Waals surface area contributed by atoms with Gasteiger partial charge in [0.2, 0.25) is 5.91 Å². The van der Waals surface area contributed by atoms with Crippen LogP contribution < -0.4 is 26.0 Å². The van der Waals surface area contributed by atoms with Crippen LogP contribution in [0, 0.1) is 0 Å². The minimum absolute atomic E-state index is 0.211. The van der Waals surface area contributed by atoms with E-state index in [1.54, 1.807) is 25.3 Å². The Bertz CT molecular complexity index is 970. The average Bonchev–Trinajstić information content (AvgIpc) is 2.68.